The molecule has 1 aromatic heterocycles. The maximum Gasteiger partial charge on any atom is 0.257 e. The standard InChI is InChI=1S/C28H24N2O2/c1-18-14-19(2)27(20(3)15-18)29-17-25(31)23-16-24(21-10-6-4-7-11-21)30-28(32)26(23)22-12-8-5-9-13-22/h4-17H,1-3H3,(H,30,32). The van der Waals surface area contributed by atoms with E-state index in [2.05, 4.69) is 9.98 Å². The molecule has 3 aromatic carbocycles. The molecule has 0 spiro atoms. The number of rotatable bonds is 5. The van der Waals surface area contributed by atoms with Crippen molar-refractivity contribution in [2.24, 2.45) is 4.99 Å². The average molecular weight is 421 g/mol. The molecule has 4 heteroatoms. The number of pyridine rings is 1. The number of Topliss-reactive ketones (excluding diaryl/α,β-unsaturated/α-hetero) is 1. The average Bonchev–Trinajstić information content (AvgIpc) is 2.79. The van der Waals surface area contributed by atoms with Crippen LogP contribution >= 0.6 is 0 Å². The number of hydrogen-bond donors (Lipinski definition) is 1. The molecule has 0 aliphatic rings. The normalized spacial score (nSPS) is 11.1. The summed E-state index contributed by atoms with van der Waals surface area (Å²) in [6.07, 6.45) is 1.32. The van der Waals surface area contributed by atoms with Crippen LogP contribution in [0.2, 0.25) is 0 Å². The van der Waals surface area contributed by atoms with E-state index in [4.69, 9.17) is 0 Å². The molecule has 0 saturated heterocycles. The van der Waals surface area contributed by atoms with Gasteiger partial charge in [0.15, 0.2) is 0 Å². The maximum absolute atomic E-state index is 13.3. The number of hydrogen-bond acceptors (Lipinski definition) is 3. The molecule has 0 fully saturated rings. The fraction of sp³-hybridized carbons (Fsp3) is 0.107. The van der Waals surface area contributed by atoms with Crippen molar-refractivity contribution in [3.8, 4) is 22.4 Å². The fourth-order valence-corrected chi connectivity index (χ4v) is 3.99. The quantitative estimate of drug-likeness (QED) is 0.308. The third kappa shape index (κ3) is 4.35. The number of aliphatic imine (C=N–C) groups is 1. The molecule has 0 bridgehead atoms. The van der Waals surface area contributed by atoms with E-state index in [1.54, 1.807) is 6.07 Å². The van der Waals surface area contributed by atoms with Crippen LogP contribution in [0.1, 0.15) is 27.0 Å². The zero-order valence-electron chi connectivity index (χ0n) is 18.3. The Morgan fingerprint density at radius 2 is 1.38 bits per heavy atom. The lowest BCUT2D eigenvalue weighted by Crippen LogP contribution is -2.17. The Labute approximate surface area is 187 Å². The van der Waals surface area contributed by atoms with Gasteiger partial charge in [-0.2, -0.15) is 0 Å². The minimum absolute atomic E-state index is 0.308. The summed E-state index contributed by atoms with van der Waals surface area (Å²) in [7, 11) is 0. The van der Waals surface area contributed by atoms with Gasteiger partial charge >= 0.3 is 0 Å². The smallest absolute Gasteiger partial charge is 0.257 e. The van der Waals surface area contributed by atoms with Crippen LogP contribution in [0.4, 0.5) is 5.69 Å². The summed E-state index contributed by atoms with van der Waals surface area (Å²) in [4.78, 5) is 33.9. The molecule has 0 aliphatic heterocycles. The third-order valence-electron chi connectivity index (χ3n) is 5.39. The molecule has 0 radical (unpaired) electrons. The van der Waals surface area contributed by atoms with Gasteiger partial charge in [-0.05, 0) is 49.1 Å². The third-order valence-corrected chi connectivity index (χ3v) is 5.39. The SMILES string of the molecule is Cc1cc(C)c(N=CC(=O)c2cc(-c3ccccc3)[nH]c(=O)c2-c2ccccc2)c(C)c1. The highest BCUT2D eigenvalue weighted by atomic mass is 16.1. The van der Waals surface area contributed by atoms with Crippen molar-refractivity contribution >= 4 is 17.7 Å². The second-order valence-corrected chi connectivity index (χ2v) is 7.90. The van der Waals surface area contributed by atoms with Crippen molar-refractivity contribution in [1.82, 2.24) is 4.98 Å². The Bertz CT molecular complexity index is 1340. The molecule has 0 aliphatic carbocycles. The number of H-pyrrole nitrogens is 1. The number of aromatic nitrogens is 1. The number of carbonyl (C=O) groups is 1. The molecule has 0 unspecified atom stereocenters. The minimum atomic E-state index is -0.313. The largest absolute Gasteiger partial charge is 0.321 e. The summed E-state index contributed by atoms with van der Waals surface area (Å²) in [6, 6.07) is 24.5. The molecule has 4 aromatic rings. The summed E-state index contributed by atoms with van der Waals surface area (Å²) in [5.41, 5.74) is 6.41. The van der Waals surface area contributed by atoms with E-state index in [0.717, 1.165) is 27.9 Å². The van der Waals surface area contributed by atoms with Gasteiger partial charge in [0, 0.05) is 11.3 Å². The Morgan fingerprint density at radius 3 is 1.97 bits per heavy atom. The van der Waals surface area contributed by atoms with Gasteiger partial charge in [0.1, 0.15) is 0 Å². The summed E-state index contributed by atoms with van der Waals surface area (Å²) in [5.74, 6) is -0.313. The van der Waals surface area contributed by atoms with Gasteiger partial charge in [-0.1, -0.05) is 78.4 Å². The van der Waals surface area contributed by atoms with Crippen LogP contribution in [0.15, 0.2) is 88.6 Å². The van der Waals surface area contributed by atoms with E-state index in [9.17, 15) is 9.59 Å². The molecule has 4 rings (SSSR count). The van der Waals surface area contributed by atoms with Crippen LogP contribution in [0, 0.1) is 20.8 Å². The van der Waals surface area contributed by atoms with E-state index in [0.29, 0.717) is 22.4 Å². The van der Waals surface area contributed by atoms with Crippen LogP contribution in [-0.4, -0.2) is 17.0 Å². The van der Waals surface area contributed by atoms with Crippen molar-refractivity contribution in [1.29, 1.82) is 0 Å². The highest BCUT2D eigenvalue weighted by Crippen LogP contribution is 2.27. The number of nitrogens with one attached hydrogen (secondary N) is 1. The molecule has 158 valence electrons. The first kappa shape index (κ1) is 21.2. The number of benzene rings is 3. The van der Waals surface area contributed by atoms with Crippen molar-refractivity contribution in [2.45, 2.75) is 20.8 Å². The lowest BCUT2D eigenvalue weighted by atomic mass is 9.97. The summed E-state index contributed by atoms with van der Waals surface area (Å²) >= 11 is 0. The zero-order chi connectivity index (χ0) is 22.7. The number of aryl methyl sites for hydroxylation is 3. The molecule has 1 N–H and O–H groups in total. The second kappa shape index (κ2) is 8.98. The second-order valence-electron chi connectivity index (χ2n) is 7.90. The first-order valence-electron chi connectivity index (χ1n) is 10.5. The Hall–Kier alpha value is -4.05. The Balaban J connectivity index is 1.85. The molecular weight excluding hydrogens is 396 g/mol. The molecule has 0 amide bonds. The molecule has 0 saturated carbocycles. The van der Waals surface area contributed by atoms with Crippen molar-refractivity contribution in [3.05, 3.63) is 111 Å². The predicted octanol–water partition coefficient (Wildman–Crippen LogP) is 6.22. The van der Waals surface area contributed by atoms with Crippen molar-refractivity contribution in [3.63, 3.8) is 0 Å². The molecule has 32 heavy (non-hydrogen) atoms. The van der Waals surface area contributed by atoms with Gasteiger partial charge in [-0.3, -0.25) is 14.6 Å². The van der Waals surface area contributed by atoms with Gasteiger partial charge in [0.05, 0.1) is 17.5 Å². The zero-order valence-corrected chi connectivity index (χ0v) is 18.3. The predicted molar refractivity (Wildman–Crippen MR) is 131 cm³/mol. The first-order chi connectivity index (χ1) is 15.4. The van der Waals surface area contributed by atoms with Crippen LogP contribution in [0.25, 0.3) is 22.4 Å². The van der Waals surface area contributed by atoms with Gasteiger partial charge < -0.3 is 4.98 Å². The summed E-state index contributed by atoms with van der Waals surface area (Å²) < 4.78 is 0. The first-order valence-corrected chi connectivity index (χ1v) is 10.5. The van der Waals surface area contributed by atoms with Crippen LogP contribution in [0.3, 0.4) is 0 Å². The van der Waals surface area contributed by atoms with Crippen molar-refractivity contribution in [2.75, 3.05) is 0 Å². The molecule has 4 nitrogen and oxygen atoms in total. The van der Waals surface area contributed by atoms with Gasteiger partial charge in [0.25, 0.3) is 5.56 Å². The van der Waals surface area contributed by atoms with Crippen LogP contribution in [0.5, 0.6) is 0 Å². The number of nitrogens with zero attached hydrogens (tertiary/aromatic N) is 1. The monoisotopic (exact) mass is 420 g/mol. The topological polar surface area (TPSA) is 62.3 Å². The van der Waals surface area contributed by atoms with E-state index < -0.39 is 0 Å². The maximum atomic E-state index is 13.3. The van der Waals surface area contributed by atoms with E-state index >= 15 is 0 Å². The van der Waals surface area contributed by atoms with Crippen LogP contribution < -0.4 is 5.56 Å². The molecule has 0 atom stereocenters. The van der Waals surface area contributed by atoms with Gasteiger partial charge in [-0.15, -0.1) is 0 Å². The highest BCUT2D eigenvalue weighted by Gasteiger charge is 2.18. The van der Waals surface area contributed by atoms with Crippen LogP contribution in [-0.2, 0) is 0 Å². The van der Waals surface area contributed by atoms with E-state index in [1.807, 2.05) is 93.6 Å². The number of aromatic amines is 1. The summed E-state index contributed by atoms with van der Waals surface area (Å²) in [6.45, 7) is 5.99. The minimum Gasteiger partial charge on any atom is -0.321 e. The van der Waals surface area contributed by atoms with E-state index in [1.165, 1.54) is 6.21 Å². The van der Waals surface area contributed by atoms with E-state index in [-0.39, 0.29) is 11.3 Å². The van der Waals surface area contributed by atoms with Gasteiger partial charge in [-0.25, -0.2) is 0 Å². The Kier molecular flexibility index (Phi) is 5.95. The lowest BCUT2D eigenvalue weighted by Gasteiger charge is -2.10. The van der Waals surface area contributed by atoms with Gasteiger partial charge in [0.2, 0.25) is 5.78 Å². The lowest BCUT2D eigenvalue weighted by molar-refractivity contribution is 0.107. The summed E-state index contributed by atoms with van der Waals surface area (Å²) in [5, 5.41) is 0. The molecular formula is C28H24N2O2. The fourth-order valence-electron chi connectivity index (χ4n) is 3.99. The number of carbonyl (C=O) groups excluding carboxylic acids is 1. The number of ketones is 1. The Morgan fingerprint density at radius 1 is 0.812 bits per heavy atom. The molecule has 1 heterocycles. The highest BCUT2D eigenvalue weighted by molar-refractivity contribution is 6.37. The van der Waals surface area contributed by atoms with Crippen molar-refractivity contribution < 1.29 is 4.79 Å².